The molecule has 1 fully saturated rings. The second-order valence-corrected chi connectivity index (χ2v) is 8.66. The smallest absolute Gasteiger partial charge is 0.338 e. The van der Waals surface area contributed by atoms with Gasteiger partial charge in [-0.1, -0.05) is 12.1 Å². The van der Waals surface area contributed by atoms with Crippen molar-refractivity contribution in [2.24, 2.45) is 5.41 Å². The van der Waals surface area contributed by atoms with E-state index in [0.29, 0.717) is 23.4 Å². The highest BCUT2D eigenvalue weighted by atomic mass is 19.4. The van der Waals surface area contributed by atoms with Crippen LogP contribution in [0.15, 0.2) is 48.7 Å². The van der Waals surface area contributed by atoms with Gasteiger partial charge in [0.15, 0.2) is 0 Å². The number of hydrogen-bond donors (Lipinski definition) is 3. The molecule has 3 aromatic rings. The SMILES string of the molecule is CONC(=O)C1(Cc2cccc(Nc3ccn[nH]3)n2)CCN(C(=O)c2cccc(C(F)(F)F)c2F)CC1. The summed E-state index contributed by atoms with van der Waals surface area (Å²) in [7, 11) is 1.30. The van der Waals surface area contributed by atoms with Crippen molar-refractivity contribution in [1.82, 2.24) is 25.6 Å². The summed E-state index contributed by atoms with van der Waals surface area (Å²) in [5, 5.41) is 9.69. The number of rotatable bonds is 7. The summed E-state index contributed by atoms with van der Waals surface area (Å²) in [5.41, 5.74) is -0.231. The first-order valence-corrected chi connectivity index (χ1v) is 11.3. The molecule has 4 rings (SSSR count). The lowest BCUT2D eigenvalue weighted by Gasteiger charge is -2.40. The van der Waals surface area contributed by atoms with Gasteiger partial charge in [-0.3, -0.25) is 19.5 Å². The lowest BCUT2D eigenvalue weighted by atomic mass is 9.74. The Kier molecular flexibility index (Phi) is 7.43. The summed E-state index contributed by atoms with van der Waals surface area (Å²) in [4.78, 5) is 36.6. The van der Waals surface area contributed by atoms with Gasteiger partial charge in [0.2, 0.25) is 5.91 Å². The summed E-state index contributed by atoms with van der Waals surface area (Å²) in [6.45, 7) is 0.0511. The Morgan fingerprint density at radius 3 is 2.51 bits per heavy atom. The summed E-state index contributed by atoms with van der Waals surface area (Å²) < 4.78 is 53.9. The molecule has 13 heteroatoms. The van der Waals surface area contributed by atoms with Crippen LogP contribution in [-0.2, 0) is 22.2 Å². The van der Waals surface area contributed by atoms with Gasteiger partial charge in [0.25, 0.3) is 5.91 Å². The van der Waals surface area contributed by atoms with Gasteiger partial charge >= 0.3 is 6.18 Å². The number of likely N-dealkylation sites (tertiary alicyclic amines) is 1. The van der Waals surface area contributed by atoms with Crippen LogP contribution in [0.1, 0.15) is 34.5 Å². The number of carbonyl (C=O) groups is 2. The van der Waals surface area contributed by atoms with Gasteiger partial charge < -0.3 is 10.2 Å². The van der Waals surface area contributed by atoms with Crippen molar-refractivity contribution in [2.45, 2.75) is 25.4 Å². The topological polar surface area (TPSA) is 112 Å². The Labute approximate surface area is 209 Å². The molecule has 2 amide bonds. The second-order valence-electron chi connectivity index (χ2n) is 8.66. The number of alkyl halides is 3. The molecule has 1 aliphatic heterocycles. The van der Waals surface area contributed by atoms with Crippen LogP contribution in [0.4, 0.5) is 29.2 Å². The van der Waals surface area contributed by atoms with Gasteiger partial charge in [0.05, 0.1) is 29.8 Å². The quantitative estimate of drug-likeness (QED) is 0.322. The number of nitrogens with zero attached hydrogens (tertiary/aromatic N) is 3. The molecule has 37 heavy (non-hydrogen) atoms. The van der Waals surface area contributed by atoms with Crippen LogP contribution in [0.2, 0.25) is 0 Å². The fraction of sp³-hybridized carbons (Fsp3) is 0.333. The lowest BCUT2D eigenvalue weighted by Crippen LogP contribution is -2.51. The molecule has 2 aromatic heterocycles. The number of H-pyrrole nitrogens is 1. The van der Waals surface area contributed by atoms with Crippen LogP contribution in [0.25, 0.3) is 0 Å². The lowest BCUT2D eigenvalue weighted by molar-refractivity contribution is -0.145. The van der Waals surface area contributed by atoms with Crippen molar-refractivity contribution < 1.29 is 32.0 Å². The molecule has 3 heterocycles. The molecule has 1 aliphatic rings. The first-order valence-electron chi connectivity index (χ1n) is 11.3. The number of pyridine rings is 1. The minimum atomic E-state index is -4.93. The van der Waals surface area contributed by atoms with E-state index in [4.69, 9.17) is 4.84 Å². The molecule has 0 unspecified atom stereocenters. The number of anilines is 2. The fourth-order valence-electron chi connectivity index (χ4n) is 4.37. The Morgan fingerprint density at radius 1 is 1.14 bits per heavy atom. The number of aromatic nitrogens is 3. The fourth-order valence-corrected chi connectivity index (χ4v) is 4.37. The predicted molar refractivity (Wildman–Crippen MR) is 124 cm³/mol. The van der Waals surface area contributed by atoms with E-state index < -0.39 is 40.3 Å². The molecule has 0 radical (unpaired) electrons. The normalized spacial score (nSPS) is 15.3. The number of hydrogen-bond acceptors (Lipinski definition) is 6. The highest BCUT2D eigenvalue weighted by Gasteiger charge is 2.44. The highest BCUT2D eigenvalue weighted by Crippen LogP contribution is 2.37. The van der Waals surface area contributed by atoms with Crippen molar-refractivity contribution in [3.63, 3.8) is 0 Å². The van der Waals surface area contributed by atoms with Crippen LogP contribution < -0.4 is 10.8 Å². The monoisotopic (exact) mass is 520 g/mol. The number of hydroxylamine groups is 1. The first kappa shape index (κ1) is 26.1. The Bertz CT molecular complexity index is 1260. The maximum atomic E-state index is 14.5. The van der Waals surface area contributed by atoms with Crippen LogP contribution >= 0.6 is 0 Å². The molecule has 1 saturated heterocycles. The summed E-state index contributed by atoms with van der Waals surface area (Å²) >= 11 is 0. The zero-order valence-electron chi connectivity index (χ0n) is 19.7. The molecule has 0 spiro atoms. The molecule has 3 N–H and O–H groups in total. The van der Waals surface area contributed by atoms with E-state index in [1.165, 1.54) is 12.0 Å². The number of piperidine rings is 1. The third-order valence-electron chi connectivity index (χ3n) is 6.31. The van der Waals surface area contributed by atoms with Crippen molar-refractivity contribution in [2.75, 3.05) is 25.5 Å². The second kappa shape index (κ2) is 10.5. The van der Waals surface area contributed by atoms with Crippen molar-refractivity contribution in [1.29, 1.82) is 0 Å². The van der Waals surface area contributed by atoms with Gasteiger partial charge in [-0.05, 0) is 37.1 Å². The van der Waals surface area contributed by atoms with Gasteiger partial charge in [-0.25, -0.2) is 14.9 Å². The zero-order valence-corrected chi connectivity index (χ0v) is 19.7. The third-order valence-corrected chi connectivity index (χ3v) is 6.31. The Balaban J connectivity index is 1.52. The van der Waals surface area contributed by atoms with E-state index in [2.05, 4.69) is 26.0 Å². The van der Waals surface area contributed by atoms with Crippen LogP contribution in [0.3, 0.4) is 0 Å². The summed E-state index contributed by atoms with van der Waals surface area (Å²) in [5.74, 6) is -1.74. The summed E-state index contributed by atoms with van der Waals surface area (Å²) in [6.07, 6.45) is -2.82. The Hall–Kier alpha value is -4.00. The molecular formula is C24H24F4N6O3. The number of benzene rings is 1. The molecule has 0 aliphatic carbocycles. The largest absolute Gasteiger partial charge is 0.419 e. The standard InChI is InChI=1S/C24H24F4N6O3/c1-37-33-22(36)23(14-15-4-2-7-18(30-15)31-19-8-11-29-32-19)9-12-34(13-10-23)21(35)16-5-3-6-17(20(16)25)24(26,27)28/h2-8,11H,9-10,12-14H2,1H3,(H,33,36)(H2,29,30,31,32). The average Bonchev–Trinajstić information content (AvgIpc) is 3.37. The van der Waals surface area contributed by atoms with Crippen molar-refractivity contribution in [3.8, 4) is 0 Å². The highest BCUT2D eigenvalue weighted by molar-refractivity contribution is 5.95. The Morgan fingerprint density at radius 2 is 1.86 bits per heavy atom. The van der Waals surface area contributed by atoms with E-state index in [-0.39, 0.29) is 32.4 Å². The van der Waals surface area contributed by atoms with Gasteiger partial charge in [-0.15, -0.1) is 0 Å². The van der Waals surface area contributed by atoms with Crippen molar-refractivity contribution >= 4 is 23.5 Å². The maximum Gasteiger partial charge on any atom is 0.419 e. The molecule has 196 valence electrons. The number of nitrogens with one attached hydrogen (secondary N) is 3. The van der Waals surface area contributed by atoms with Gasteiger partial charge in [-0.2, -0.15) is 18.3 Å². The molecular weight excluding hydrogens is 496 g/mol. The van der Waals surface area contributed by atoms with E-state index in [1.54, 1.807) is 30.5 Å². The molecule has 0 saturated carbocycles. The molecule has 9 nitrogen and oxygen atoms in total. The van der Waals surface area contributed by atoms with Crippen molar-refractivity contribution in [3.05, 3.63) is 71.3 Å². The van der Waals surface area contributed by atoms with Gasteiger partial charge in [0, 0.05) is 31.3 Å². The van der Waals surface area contributed by atoms with E-state index in [1.807, 2.05) is 0 Å². The molecule has 1 aromatic carbocycles. The number of aromatic amines is 1. The maximum absolute atomic E-state index is 14.5. The minimum absolute atomic E-state index is 0.0255. The van der Waals surface area contributed by atoms with Crippen LogP contribution in [0.5, 0.6) is 0 Å². The summed E-state index contributed by atoms with van der Waals surface area (Å²) in [6, 6.07) is 9.61. The first-order chi connectivity index (χ1) is 17.6. The molecule has 0 atom stereocenters. The van der Waals surface area contributed by atoms with Gasteiger partial charge in [0.1, 0.15) is 17.5 Å². The molecule has 0 bridgehead atoms. The van der Waals surface area contributed by atoms with Crippen LogP contribution in [0, 0.1) is 11.2 Å². The number of carbonyl (C=O) groups excluding carboxylic acids is 2. The zero-order chi connectivity index (χ0) is 26.6. The van der Waals surface area contributed by atoms with Crippen LogP contribution in [-0.4, -0.2) is 52.1 Å². The number of halogens is 4. The predicted octanol–water partition coefficient (Wildman–Crippen LogP) is 3.85. The third kappa shape index (κ3) is 5.71. The number of amides is 2. The minimum Gasteiger partial charge on any atom is -0.338 e. The van der Waals surface area contributed by atoms with E-state index >= 15 is 0 Å². The van der Waals surface area contributed by atoms with E-state index in [9.17, 15) is 27.2 Å². The average molecular weight is 520 g/mol. The van der Waals surface area contributed by atoms with E-state index in [0.717, 1.165) is 12.1 Å².